The number of ether oxygens (including phenoxy) is 1. The molecule has 2 atom stereocenters. The lowest BCUT2D eigenvalue weighted by Crippen LogP contribution is -2.55. The highest BCUT2D eigenvalue weighted by molar-refractivity contribution is 8.01. The zero-order valence-corrected chi connectivity index (χ0v) is 13.4. The van der Waals surface area contributed by atoms with Gasteiger partial charge in [0.15, 0.2) is 0 Å². The Bertz CT molecular complexity index is 661. The zero-order chi connectivity index (χ0) is 15.9. The molecule has 0 aliphatic carbocycles. The van der Waals surface area contributed by atoms with Crippen LogP contribution in [0, 0.1) is 0 Å². The van der Waals surface area contributed by atoms with Gasteiger partial charge in [-0.1, -0.05) is 11.8 Å². The minimum atomic E-state index is -1.12. The van der Waals surface area contributed by atoms with Crippen LogP contribution < -0.4 is 0 Å². The summed E-state index contributed by atoms with van der Waals surface area (Å²) in [7, 11) is 3.23. The van der Waals surface area contributed by atoms with Crippen molar-refractivity contribution in [3.63, 3.8) is 0 Å². The van der Waals surface area contributed by atoms with Crippen molar-refractivity contribution in [3.05, 3.63) is 11.3 Å². The number of fused-ring (bicyclic) bond motifs is 1. The molecule has 11 heteroatoms. The number of tetrazole rings is 1. The van der Waals surface area contributed by atoms with E-state index in [1.54, 1.807) is 7.05 Å². The average Bonchev–Trinajstić information content (AvgIpc) is 2.88. The van der Waals surface area contributed by atoms with Crippen LogP contribution in [0.25, 0.3) is 0 Å². The largest absolute Gasteiger partial charge is 0.477 e. The van der Waals surface area contributed by atoms with E-state index in [4.69, 9.17) is 4.74 Å². The molecule has 1 amide bonds. The smallest absolute Gasteiger partial charge is 0.352 e. The van der Waals surface area contributed by atoms with E-state index in [1.807, 2.05) is 0 Å². The lowest BCUT2D eigenvalue weighted by molar-refractivity contribution is -0.146. The van der Waals surface area contributed by atoms with E-state index in [1.165, 1.54) is 40.2 Å². The number of nitrogens with zero attached hydrogens (tertiary/aromatic N) is 5. The molecule has 1 aromatic heterocycles. The van der Waals surface area contributed by atoms with Crippen molar-refractivity contribution in [2.24, 2.45) is 7.05 Å². The molecule has 0 spiro atoms. The molecule has 2 aliphatic rings. The number of hydrogen-bond acceptors (Lipinski definition) is 8. The first-order valence-corrected chi connectivity index (χ1v) is 8.27. The van der Waals surface area contributed by atoms with Crippen LogP contribution >= 0.6 is 23.5 Å². The molecule has 0 bridgehead atoms. The highest BCUT2D eigenvalue weighted by Crippen LogP contribution is 2.45. The summed E-state index contributed by atoms with van der Waals surface area (Å²) in [6.07, 6.45) is 0.342. The number of β-lactam (4-membered cyclic amide) rings is 1. The van der Waals surface area contributed by atoms with Crippen molar-refractivity contribution in [3.8, 4) is 0 Å². The second kappa shape index (κ2) is 5.89. The van der Waals surface area contributed by atoms with Gasteiger partial charge in [-0.15, -0.1) is 16.9 Å². The van der Waals surface area contributed by atoms with Crippen molar-refractivity contribution in [1.29, 1.82) is 0 Å². The predicted octanol–water partition coefficient (Wildman–Crippen LogP) is -0.0814. The third-order valence-electron chi connectivity index (χ3n) is 3.37. The van der Waals surface area contributed by atoms with E-state index in [0.29, 0.717) is 22.9 Å². The number of carboxylic acid groups (broad SMARTS) is 1. The third-order valence-corrected chi connectivity index (χ3v) is 5.85. The summed E-state index contributed by atoms with van der Waals surface area (Å²) < 4.78 is 6.91. The summed E-state index contributed by atoms with van der Waals surface area (Å²) in [6.45, 7) is 0. The Kier molecular flexibility index (Phi) is 4.10. The molecule has 1 N–H and O–H groups in total. The number of carboxylic acids is 1. The van der Waals surface area contributed by atoms with Gasteiger partial charge in [0.25, 0.3) is 0 Å². The normalized spacial score (nSPS) is 24.3. The summed E-state index contributed by atoms with van der Waals surface area (Å²) in [5.41, 5.74) is 0.181. The van der Waals surface area contributed by atoms with Gasteiger partial charge in [0.2, 0.25) is 11.1 Å². The maximum Gasteiger partial charge on any atom is 0.352 e. The molecule has 3 rings (SSSR count). The number of methoxy groups -OCH3 is 1. The minimum absolute atomic E-state index is 0.0227. The standard InChI is InChI=1S/C11H13N5O4S2/c1-15-11(12-13-14-15)21-4-5-8(9(18)19)16-6(17)3-7(16)22-10(5)20-2/h7,10H,3-4H2,1-2H3,(H,18,19). The molecule has 3 heterocycles. The van der Waals surface area contributed by atoms with Gasteiger partial charge in [0, 0.05) is 25.5 Å². The summed E-state index contributed by atoms with van der Waals surface area (Å²) in [5, 5.41) is 21.0. The minimum Gasteiger partial charge on any atom is -0.477 e. The summed E-state index contributed by atoms with van der Waals surface area (Å²) in [5.74, 6) is -0.961. The highest BCUT2D eigenvalue weighted by Gasteiger charge is 2.48. The lowest BCUT2D eigenvalue weighted by atomic mass is 10.1. The van der Waals surface area contributed by atoms with Crippen molar-refractivity contribution in [1.82, 2.24) is 25.1 Å². The van der Waals surface area contributed by atoms with Crippen molar-refractivity contribution >= 4 is 35.4 Å². The summed E-state index contributed by atoms with van der Waals surface area (Å²) in [4.78, 5) is 24.7. The fourth-order valence-corrected chi connectivity index (χ4v) is 4.65. The molecule has 2 aliphatic heterocycles. The second-order valence-corrected chi connectivity index (χ2v) is 6.87. The lowest BCUT2D eigenvalue weighted by Gasteiger charge is -2.46. The fourth-order valence-electron chi connectivity index (χ4n) is 2.32. The molecule has 1 aromatic rings. The quantitative estimate of drug-likeness (QED) is 0.579. The Morgan fingerprint density at radius 3 is 2.91 bits per heavy atom. The first-order chi connectivity index (χ1) is 10.5. The molecule has 1 fully saturated rings. The Labute approximate surface area is 134 Å². The van der Waals surface area contributed by atoms with E-state index in [-0.39, 0.29) is 17.0 Å². The maximum absolute atomic E-state index is 11.7. The van der Waals surface area contributed by atoms with Crippen LogP contribution in [0.5, 0.6) is 0 Å². The SMILES string of the molecule is COC1SC2CC(=O)N2C(C(=O)O)=C1CSc1nnnn1C. The predicted molar refractivity (Wildman–Crippen MR) is 77.8 cm³/mol. The maximum atomic E-state index is 11.7. The van der Waals surface area contributed by atoms with Crippen LogP contribution in [0.1, 0.15) is 6.42 Å². The summed E-state index contributed by atoms with van der Waals surface area (Å²) in [6, 6.07) is 0. The van der Waals surface area contributed by atoms with Crippen LogP contribution in [0.2, 0.25) is 0 Å². The average molecular weight is 343 g/mol. The van der Waals surface area contributed by atoms with Gasteiger partial charge in [-0.3, -0.25) is 9.69 Å². The van der Waals surface area contributed by atoms with Gasteiger partial charge in [-0.05, 0) is 10.4 Å². The van der Waals surface area contributed by atoms with E-state index < -0.39 is 11.4 Å². The molecule has 118 valence electrons. The van der Waals surface area contributed by atoms with Crippen molar-refractivity contribution in [2.75, 3.05) is 12.9 Å². The highest BCUT2D eigenvalue weighted by atomic mass is 32.2. The molecule has 22 heavy (non-hydrogen) atoms. The molecule has 0 saturated carbocycles. The van der Waals surface area contributed by atoms with Crippen molar-refractivity contribution in [2.45, 2.75) is 22.4 Å². The number of aliphatic carboxylic acids is 1. The van der Waals surface area contributed by atoms with Crippen LogP contribution in [-0.4, -0.2) is 65.8 Å². The van der Waals surface area contributed by atoms with E-state index in [2.05, 4.69) is 15.5 Å². The van der Waals surface area contributed by atoms with Gasteiger partial charge in [0.05, 0.1) is 11.8 Å². The summed E-state index contributed by atoms with van der Waals surface area (Å²) >= 11 is 2.75. The Balaban J connectivity index is 1.91. The monoisotopic (exact) mass is 343 g/mol. The molecule has 1 saturated heterocycles. The van der Waals surface area contributed by atoms with E-state index in [9.17, 15) is 14.7 Å². The number of aromatic nitrogens is 4. The first-order valence-electron chi connectivity index (χ1n) is 6.34. The topological polar surface area (TPSA) is 110 Å². The van der Waals surface area contributed by atoms with Gasteiger partial charge in [-0.2, -0.15) is 0 Å². The number of amides is 1. The number of hydrogen-bond donors (Lipinski definition) is 1. The fraction of sp³-hybridized carbons (Fsp3) is 0.545. The number of carbonyl (C=O) groups is 2. The number of thioether (sulfide) groups is 2. The van der Waals surface area contributed by atoms with Crippen LogP contribution in [0.15, 0.2) is 16.4 Å². The molecular weight excluding hydrogens is 330 g/mol. The molecule has 0 radical (unpaired) electrons. The Hall–Kier alpha value is -1.59. The second-order valence-electron chi connectivity index (χ2n) is 4.68. The van der Waals surface area contributed by atoms with Crippen LogP contribution in [0.3, 0.4) is 0 Å². The van der Waals surface area contributed by atoms with E-state index in [0.717, 1.165) is 0 Å². The van der Waals surface area contributed by atoms with Gasteiger partial charge in [0.1, 0.15) is 11.1 Å². The molecular formula is C11H13N5O4S2. The first kappa shape index (κ1) is 15.3. The van der Waals surface area contributed by atoms with Gasteiger partial charge >= 0.3 is 5.97 Å². The molecule has 9 nitrogen and oxygen atoms in total. The number of carbonyl (C=O) groups excluding carboxylic acids is 1. The molecule has 0 aromatic carbocycles. The van der Waals surface area contributed by atoms with Gasteiger partial charge in [-0.25, -0.2) is 9.48 Å². The van der Waals surface area contributed by atoms with E-state index >= 15 is 0 Å². The number of rotatable bonds is 5. The van der Waals surface area contributed by atoms with Gasteiger partial charge < -0.3 is 9.84 Å². The Morgan fingerprint density at radius 1 is 1.59 bits per heavy atom. The third kappa shape index (κ3) is 2.48. The van der Waals surface area contributed by atoms with Crippen molar-refractivity contribution < 1.29 is 19.4 Å². The van der Waals surface area contributed by atoms with Crippen LogP contribution in [-0.2, 0) is 21.4 Å². The number of aryl methyl sites for hydroxylation is 1. The van der Waals surface area contributed by atoms with Crippen LogP contribution in [0.4, 0.5) is 0 Å². The Morgan fingerprint density at radius 2 is 2.36 bits per heavy atom. The zero-order valence-electron chi connectivity index (χ0n) is 11.8. The molecule has 2 unspecified atom stereocenters.